The maximum atomic E-state index is 11.5. The van der Waals surface area contributed by atoms with Crippen molar-refractivity contribution < 1.29 is 14.7 Å². The molecule has 1 unspecified atom stereocenters. The van der Waals surface area contributed by atoms with Crippen LogP contribution < -0.4 is 5.32 Å². The first-order chi connectivity index (χ1) is 10.4. The fraction of sp³-hybridized carbons (Fsp3) is 0.294. The number of carboxylic acids is 1. The molecule has 118 valence electrons. The Labute approximate surface area is 133 Å². The van der Waals surface area contributed by atoms with E-state index in [1.165, 1.54) is 4.91 Å². The molecule has 0 aromatic heterocycles. The molecule has 1 amide bonds. The highest BCUT2D eigenvalue weighted by atomic mass is 32.2. The van der Waals surface area contributed by atoms with Gasteiger partial charge in [-0.1, -0.05) is 32.9 Å². The van der Waals surface area contributed by atoms with Crippen LogP contribution in [0.25, 0.3) is 0 Å². The lowest BCUT2D eigenvalue weighted by Gasteiger charge is -2.22. The van der Waals surface area contributed by atoms with Crippen LogP contribution in [0.1, 0.15) is 37.6 Å². The molecular weight excluding hydrogens is 298 g/mol. The number of allylic oxidation sites excluding steroid dienone is 3. The van der Waals surface area contributed by atoms with Gasteiger partial charge in [-0.25, -0.2) is 4.79 Å². The van der Waals surface area contributed by atoms with E-state index in [4.69, 9.17) is 0 Å². The molecule has 2 N–H and O–H groups in total. The van der Waals surface area contributed by atoms with Crippen LogP contribution in [0.2, 0.25) is 0 Å². The molecule has 0 fully saturated rings. The largest absolute Gasteiger partial charge is 0.478 e. The Morgan fingerprint density at radius 2 is 2.05 bits per heavy atom. The Balaban J connectivity index is 2.38. The lowest BCUT2D eigenvalue weighted by Crippen LogP contribution is -2.13. The van der Waals surface area contributed by atoms with Crippen molar-refractivity contribution in [2.45, 2.75) is 32.1 Å². The number of amides is 1. The van der Waals surface area contributed by atoms with E-state index in [1.807, 2.05) is 12.1 Å². The number of benzene rings is 1. The number of nitrogens with one attached hydrogen (secondary N) is 1. The summed E-state index contributed by atoms with van der Waals surface area (Å²) in [5.41, 5.74) is 0.501. The van der Waals surface area contributed by atoms with E-state index in [-0.39, 0.29) is 11.5 Å². The Kier molecular flexibility index (Phi) is 5.08. The van der Waals surface area contributed by atoms with Gasteiger partial charge in [0.2, 0.25) is 5.91 Å². The molecule has 0 spiro atoms. The Hall–Kier alpha value is -2.01. The smallest absolute Gasteiger partial charge is 0.337 e. The van der Waals surface area contributed by atoms with Crippen LogP contribution in [0, 0.1) is 5.92 Å². The standard InChI is InChI=1S/C17H21NO3S/c1-4-16(19)18-14-8-7-12(10-13(14)17(20)21)22-9-5-6-15(22)11(2)3/h5-11,22H,4H2,1-3H3,(H,18,19)(H,20,21). The van der Waals surface area contributed by atoms with Crippen molar-refractivity contribution in [3.63, 3.8) is 0 Å². The van der Waals surface area contributed by atoms with E-state index in [0.29, 0.717) is 18.0 Å². The van der Waals surface area contributed by atoms with Crippen molar-refractivity contribution >= 4 is 28.5 Å². The van der Waals surface area contributed by atoms with Gasteiger partial charge in [-0.15, -0.1) is 0 Å². The summed E-state index contributed by atoms with van der Waals surface area (Å²) in [7, 11) is -0.616. The first-order valence-corrected chi connectivity index (χ1v) is 8.70. The summed E-state index contributed by atoms with van der Waals surface area (Å²) in [6.07, 6.45) is 4.47. The molecule has 1 aromatic carbocycles. The second kappa shape index (κ2) is 6.83. The Morgan fingerprint density at radius 1 is 1.32 bits per heavy atom. The van der Waals surface area contributed by atoms with Crippen molar-refractivity contribution in [1.29, 1.82) is 0 Å². The molecule has 4 nitrogen and oxygen atoms in total. The summed E-state index contributed by atoms with van der Waals surface area (Å²) in [4.78, 5) is 25.3. The minimum atomic E-state index is -1.03. The highest BCUT2D eigenvalue weighted by molar-refractivity contribution is 8.23. The zero-order valence-electron chi connectivity index (χ0n) is 13.0. The van der Waals surface area contributed by atoms with Crippen molar-refractivity contribution in [1.82, 2.24) is 0 Å². The molecule has 0 bridgehead atoms. The molecule has 1 atom stereocenters. The molecule has 0 radical (unpaired) electrons. The van der Waals surface area contributed by atoms with Crippen molar-refractivity contribution in [3.05, 3.63) is 46.2 Å². The van der Waals surface area contributed by atoms with E-state index in [0.717, 1.165) is 4.90 Å². The third-order valence-electron chi connectivity index (χ3n) is 3.48. The van der Waals surface area contributed by atoms with E-state index in [9.17, 15) is 14.7 Å². The maximum absolute atomic E-state index is 11.5. The third kappa shape index (κ3) is 3.42. The monoisotopic (exact) mass is 319 g/mol. The second-order valence-electron chi connectivity index (χ2n) is 5.39. The van der Waals surface area contributed by atoms with E-state index >= 15 is 0 Å². The summed E-state index contributed by atoms with van der Waals surface area (Å²) >= 11 is 0. The predicted octanol–water partition coefficient (Wildman–Crippen LogP) is 4.16. The molecule has 1 heterocycles. The predicted molar refractivity (Wildman–Crippen MR) is 91.6 cm³/mol. The fourth-order valence-corrected chi connectivity index (χ4v) is 4.51. The van der Waals surface area contributed by atoms with Gasteiger partial charge in [0.15, 0.2) is 0 Å². The average Bonchev–Trinajstić information content (AvgIpc) is 2.96. The molecule has 22 heavy (non-hydrogen) atoms. The number of hydrogen-bond donors (Lipinski definition) is 3. The van der Waals surface area contributed by atoms with E-state index < -0.39 is 16.9 Å². The zero-order valence-corrected chi connectivity index (χ0v) is 13.9. The van der Waals surface area contributed by atoms with Crippen molar-refractivity contribution in [2.75, 3.05) is 5.32 Å². The average molecular weight is 319 g/mol. The number of thiol groups is 1. The summed E-state index contributed by atoms with van der Waals surface area (Å²) in [6, 6.07) is 5.29. The van der Waals surface area contributed by atoms with Crippen molar-refractivity contribution in [3.8, 4) is 0 Å². The van der Waals surface area contributed by atoms with Gasteiger partial charge >= 0.3 is 5.97 Å². The number of rotatable bonds is 5. The SMILES string of the molecule is CCC(=O)Nc1ccc([SH]2C=CC=C2C(C)C)cc1C(=O)O. The fourth-order valence-electron chi connectivity index (χ4n) is 2.31. The molecule has 1 aliphatic heterocycles. The van der Waals surface area contributed by atoms with E-state index in [2.05, 4.69) is 30.6 Å². The van der Waals surface area contributed by atoms with Crippen LogP contribution in [0.4, 0.5) is 5.69 Å². The molecule has 5 heteroatoms. The second-order valence-corrected chi connectivity index (χ2v) is 7.47. The Bertz CT molecular complexity index is 662. The number of aromatic carboxylic acids is 1. The van der Waals surface area contributed by atoms with Crippen LogP contribution >= 0.6 is 10.9 Å². The topological polar surface area (TPSA) is 66.4 Å². The van der Waals surface area contributed by atoms with Crippen LogP contribution in [-0.4, -0.2) is 17.0 Å². The quantitative estimate of drug-likeness (QED) is 0.714. The van der Waals surface area contributed by atoms with Gasteiger partial charge < -0.3 is 10.4 Å². The van der Waals surface area contributed by atoms with Crippen molar-refractivity contribution in [2.24, 2.45) is 5.92 Å². The molecular formula is C17H21NO3S. The van der Waals surface area contributed by atoms with Crippen LogP contribution in [-0.2, 0) is 4.79 Å². The maximum Gasteiger partial charge on any atom is 0.337 e. The van der Waals surface area contributed by atoms with Crippen LogP contribution in [0.15, 0.2) is 45.6 Å². The normalized spacial score (nSPS) is 18.4. The van der Waals surface area contributed by atoms with Gasteiger partial charge in [0.25, 0.3) is 0 Å². The first-order valence-electron chi connectivity index (χ1n) is 7.28. The molecule has 0 saturated carbocycles. The highest BCUT2D eigenvalue weighted by Gasteiger charge is 2.19. The minimum absolute atomic E-state index is 0.144. The Morgan fingerprint density at radius 3 is 2.64 bits per heavy atom. The molecule has 1 aromatic rings. The number of carboxylic acid groups (broad SMARTS) is 1. The lowest BCUT2D eigenvalue weighted by molar-refractivity contribution is -0.115. The van der Waals surface area contributed by atoms with Crippen LogP contribution in [0.3, 0.4) is 0 Å². The lowest BCUT2D eigenvalue weighted by atomic mass is 10.1. The molecule has 0 aliphatic carbocycles. The van der Waals surface area contributed by atoms with Gasteiger partial charge in [0.05, 0.1) is 11.3 Å². The molecule has 2 rings (SSSR count). The number of carbonyl (C=O) groups excluding carboxylic acids is 1. The number of anilines is 1. The van der Waals surface area contributed by atoms with Gasteiger partial charge in [-0.05, 0) is 39.3 Å². The molecule has 0 saturated heterocycles. The molecule has 1 aliphatic rings. The highest BCUT2D eigenvalue weighted by Crippen LogP contribution is 2.51. The van der Waals surface area contributed by atoms with Gasteiger partial charge in [0, 0.05) is 6.42 Å². The summed E-state index contributed by atoms with van der Waals surface area (Å²) < 4.78 is 0. The number of hydrogen-bond acceptors (Lipinski definition) is 2. The van der Waals surface area contributed by atoms with Gasteiger partial charge in [-0.2, -0.15) is 10.9 Å². The third-order valence-corrected chi connectivity index (χ3v) is 6.01. The summed E-state index contributed by atoms with van der Waals surface area (Å²) in [5, 5.41) is 14.2. The van der Waals surface area contributed by atoms with Crippen LogP contribution in [0.5, 0.6) is 0 Å². The minimum Gasteiger partial charge on any atom is -0.478 e. The zero-order chi connectivity index (χ0) is 16.3. The van der Waals surface area contributed by atoms with E-state index in [1.54, 1.807) is 19.1 Å². The first kappa shape index (κ1) is 16.4. The van der Waals surface area contributed by atoms with Gasteiger partial charge in [-0.3, -0.25) is 4.79 Å². The van der Waals surface area contributed by atoms with Gasteiger partial charge in [0.1, 0.15) is 0 Å². The number of carbonyl (C=O) groups is 2. The summed E-state index contributed by atoms with van der Waals surface area (Å²) in [6.45, 7) is 6.01. The summed E-state index contributed by atoms with van der Waals surface area (Å²) in [5.74, 6) is -0.792.